The van der Waals surface area contributed by atoms with Gasteiger partial charge in [0.1, 0.15) is 5.82 Å². The number of nitrogens with one attached hydrogen (secondary N) is 1. The van der Waals surface area contributed by atoms with Crippen LogP contribution in [0.2, 0.25) is 5.02 Å². The summed E-state index contributed by atoms with van der Waals surface area (Å²) in [5.41, 5.74) is 1.49. The second-order valence-electron chi connectivity index (χ2n) is 10.4. The van der Waals surface area contributed by atoms with Crippen molar-refractivity contribution in [2.24, 2.45) is 11.8 Å². The number of nitrogens with zero attached hydrogens (tertiary/aromatic N) is 2. The van der Waals surface area contributed by atoms with Crippen LogP contribution in [0.5, 0.6) is 11.5 Å². The van der Waals surface area contributed by atoms with Gasteiger partial charge in [-0.3, -0.25) is 9.59 Å². The van der Waals surface area contributed by atoms with E-state index in [4.69, 9.17) is 21.1 Å². The number of fused-ring (bicyclic) bond motifs is 1. The molecule has 2 saturated heterocycles. The Morgan fingerprint density at radius 3 is 2.30 bits per heavy atom. The molecule has 2 amide bonds. The number of carbonyl (C=O) groups is 2. The largest absolute Gasteiger partial charge is 0.493 e. The van der Waals surface area contributed by atoms with Gasteiger partial charge < -0.3 is 24.6 Å². The molecule has 3 aromatic rings. The van der Waals surface area contributed by atoms with E-state index in [1.807, 2.05) is 30.3 Å². The molecule has 0 spiro atoms. The Labute approximate surface area is 238 Å². The Morgan fingerprint density at radius 1 is 0.950 bits per heavy atom. The van der Waals surface area contributed by atoms with Crippen LogP contribution in [0.4, 0.5) is 4.39 Å². The number of hydrogen-bond acceptors (Lipinski definition) is 5. The molecule has 40 heavy (non-hydrogen) atoms. The fourth-order valence-corrected chi connectivity index (χ4v) is 6.08. The molecule has 7 nitrogen and oxygen atoms in total. The van der Waals surface area contributed by atoms with E-state index < -0.39 is 5.82 Å². The molecule has 2 heterocycles. The Morgan fingerprint density at radius 2 is 1.65 bits per heavy atom. The third-order valence-corrected chi connectivity index (χ3v) is 8.23. The highest BCUT2D eigenvalue weighted by molar-refractivity contribution is 6.33. The average molecular weight is 566 g/mol. The first-order chi connectivity index (χ1) is 19.4. The van der Waals surface area contributed by atoms with Gasteiger partial charge in [0.2, 0.25) is 0 Å². The van der Waals surface area contributed by atoms with Crippen LogP contribution >= 0.6 is 11.6 Å². The van der Waals surface area contributed by atoms with Gasteiger partial charge in [-0.05, 0) is 54.2 Å². The van der Waals surface area contributed by atoms with E-state index in [0.29, 0.717) is 42.0 Å². The number of benzene rings is 3. The molecule has 2 aliphatic rings. The average Bonchev–Trinajstić information content (AvgIpc) is 3.54. The van der Waals surface area contributed by atoms with E-state index in [1.54, 1.807) is 43.4 Å². The molecule has 0 radical (unpaired) electrons. The molecule has 9 heteroatoms. The van der Waals surface area contributed by atoms with Gasteiger partial charge in [-0.1, -0.05) is 48.0 Å². The van der Waals surface area contributed by atoms with Crippen LogP contribution in [0.15, 0.2) is 66.7 Å². The van der Waals surface area contributed by atoms with Crippen LogP contribution in [0.25, 0.3) is 0 Å². The first-order valence-corrected chi connectivity index (χ1v) is 13.8. The minimum atomic E-state index is -0.585. The molecule has 0 aliphatic carbocycles. The third-order valence-electron chi connectivity index (χ3n) is 7.91. The van der Waals surface area contributed by atoms with Crippen LogP contribution in [-0.4, -0.2) is 68.6 Å². The highest BCUT2D eigenvalue weighted by Gasteiger charge is 2.42. The van der Waals surface area contributed by atoms with Crippen LogP contribution < -0.4 is 14.8 Å². The smallest absolute Gasteiger partial charge is 0.258 e. The monoisotopic (exact) mass is 565 g/mol. The standard InChI is InChI=1S/C31H33ClFN3O4/c1-39-27-12-11-21(15-28(27)40-2)30(37)34-26(20-7-4-3-5-8-20)13-14-35-16-22-18-36(19-23(22)17-35)31(38)29-24(32)9-6-10-25(29)33/h3-12,15,22-23,26H,13-14,16-19H2,1-2H3,(H,34,37). The van der Waals surface area contributed by atoms with Gasteiger partial charge in [0.25, 0.3) is 11.8 Å². The van der Waals surface area contributed by atoms with Crippen molar-refractivity contribution in [3.05, 3.63) is 94.3 Å². The minimum Gasteiger partial charge on any atom is -0.493 e. The lowest BCUT2D eigenvalue weighted by Gasteiger charge is -2.25. The summed E-state index contributed by atoms with van der Waals surface area (Å²) < 4.78 is 25.0. The second-order valence-corrected chi connectivity index (χ2v) is 10.8. The predicted octanol–water partition coefficient (Wildman–Crippen LogP) is 5.06. The summed E-state index contributed by atoms with van der Waals surface area (Å²) in [6.07, 6.45) is 0.732. The number of amides is 2. The maximum Gasteiger partial charge on any atom is 0.258 e. The van der Waals surface area contributed by atoms with Crippen molar-refractivity contribution in [2.75, 3.05) is 46.9 Å². The molecule has 3 aromatic carbocycles. The van der Waals surface area contributed by atoms with Crippen molar-refractivity contribution in [1.29, 1.82) is 0 Å². The van der Waals surface area contributed by atoms with Crippen molar-refractivity contribution in [3.8, 4) is 11.5 Å². The zero-order valence-corrected chi connectivity index (χ0v) is 23.4. The van der Waals surface area contributed by atoms with E-state index in [-0.39, 0.29) is 28.4 Å². The van der Waals surface area contributed by atoms with Crippen molar-refractivity contribution < 1.29 is 23.5 Å². The van der Waals surface area contributed by atoms with E-state index in [1.165, 1.54) is 12.1 Å². The summed E-state index contributed by atoms with van der Waals surface area (Å²) in [4.78, 5) is 30.3. The van der Waals surface area contributed by atoms with Gasteiger partial charge >= 0.3 is 0 Å². The molecule has 0 aromatic heterocycles. The summed E-state index contributed by atoms with van der Waals surface area (Å²) in [5, 5.41) is 3.34. The van der Waals surface area contributed by atoms with Crippen LogP contribution in [-0.2, 0) is 0 Å². The second kappa shape index (κ2) is 12.3. The minimum absolute atomic E-state index is 0.0445. The van der Waals surface area contributed by atoms with E-state index in [0.717, 1.165) is 31.6 Å². The lowest BCUT2D eigenvalue weighted by molar-refractivity contribution is 0.0769. The lowest BCUT2D eigenvalue weighted by Crippen LogP contribution is -2.35. The molecule has 0 bridgehead atoms. The van der Waals surface area contributed by atoms with Gasteiger partial charge in [-0.25, -0.2) is 4.39 Å². The SMILES string of the molecule is COc1ccc(C(=O)NC(CCN2CC3CN(C(=O)c4c(F)cccc4Cl)CC3C2)c2ccccc2)cc1OC. The Kier molecular flexibility index (Phi) is 8.57. The Bertz CT molecular complexity index is 1340. The number of methoxy groups -OCH3 is 2. The summed E-state index contributed by atoms with van der Waals surface area (Å²) in [6, 6.07) is 19.2. The van der Waals surface area contributed by atoms with E-state index in [2.05, 4.69) is 10.2 Å². The molecular weight excluding hydrogens is 533 g/mol. The maximum atomic E-state index is 14.3. The first kappa shape index (κ1) is 27.9. The number of halogens is 2. The molecule has 2 fully saturated rings. The zero-order chi connectivity index (χ0) is 28.2. The van der Waals surface area contributed by atoms with Crippen molar-refractivity contribution >= 4 is 23.4 Å². The predicted molar refractivity (Wildman–Crippen MR) is 152 cm³/mol. The molecule has 3 atom stereocenters. The van der Waals surface area contributed by atoms with E-state index in [9.17, 15) is 14.0 Å². The van der Waals surface area contributed by atoms with Crippen LogP contribution in [0, 0.1) is 17.7 Å². The van der Waals surface area contributed by atoms with Gasteiger partial charge in [-0.2, -0.15) is 0 Å². The summed E-state index contributed by atoms with van der Waals surface area (Å²) in [6.45, 7) is 3.67. The number of carbonyl (C=O) groups excluding carboxylic acids is 2. The quantitative estimate of drug-likeness (QED) is 0.393. The van der Waals surface area contributed by atoms with Crippen molar-refractivity contribution in [2.45, 2.75) is 12.5 Å². The topological polar surface area (TPSA) is 71.1 Å². The number of likely N-dealkylation sites (tertiary alicyclic amines) is 2. The summed E-state index contributed by atoms with van der Waals surface area (Å²) in [5.74, 6) is 0.603. The van der Waals surface area contributed by atoms with Gasteiger partial charge in [0.05, 0.1) is 30.8 Å². The van der Waals surface area contributed by atoms with Crippen LogP contribution in [0.3, 0.4) is 0 Å². The molecule has 0 saturated carbocycles. The van der Waals surface area contributed by atoms with Crippen LogP contribution in [0.1, 0.15) is 38.7 Å². The zero-order valence-electron chi connectivity index (χ0n) is 22.6. The Balaban J connectivity index is 1.20. The fraction of sp³-hybridized carbons (Fsp3) is 0.355. The highest BCUT2D eigenvalue weighted by Crippen LogP contribution is 2.34. The first-order valence-electron chi connectivity index (χ1n) is 13.4. The van der Waals surface area contributed by atoms with Gasteiger partial charge in [0, 0.05) is 38.3 Å². The fourth-order valence-electron chi connectivity index (χ4n) is 5.84. The molecule has 3 unspecified atom stereocenters. The normalized spacial score (nSPS) is 19.2. The Hall–Kier alpha value is -3.62. The van der Waals surface area contributed by atoms with Gasteiger partial charge in [-0.15, -0.1) is 0 Å². The lowest BCUT2D eigenvalue weighted by atomic mass is 10.0. The molecule has 1 N–H and O–H groups in total. The number of rotatable bonds is 9. The highest BCUT2D eigenvalue weighted by atomic mass is 35.5. The number of hydrogen-bond donors (Lipinski definition) is 1. The summed E-state index contributed by atoms with van der Waals surface area (Å²) in [7, 11) is 3.10. The maximum absolute atomic E-state index is 14.3. The third kappa shape index (κ3) is 5.93. The summed E-state index contributed by atoms with van der Waals surface area (Å²) >= 11 is 6.13. The number of ether oxygens (including phenoxy) is 2. The molecular formula is C31H33ClFN3O4. The van der Waals surface area contributed by atoms with Crippen molar-refractivity contribution in [1.82, 2.24) is 15.1 Å². The molecule has 5 rings (SSSR count). The molecule has 2 aliphatic heterocycles. The molecule has 210 valence electrons. The van der Waals surface area contributed by atoms with Gasteiger partial charge in [0.15, 0.2) is 11.5 Å². The van der Waals surface area contributed by atoms with Crippen molar-refractivity contribution in [3.63, 3.8) is 0 Å². The van der Waals surface area contributed by atoms with E-state index >= 15 is 0 Å².